The van der Waals surface area contributed by atoms with Crippen LogP contribution in [0.1, 0.15) is 33.8 Å². The number of ether oxygens (including phenoxy) is 1. The Labute approximate surface area is 150 Å². The average molecular weight is 356 g/mol. The van der Waals surface area contributed by atoms with Gasteiger partial charge in [-0.1, -0.05) is 42.5 Å². The molecule has 2 unspecified atom stereocenters. The van der Waals surface area contributed by atoms with Gasteiger partial charge in [0.1, 0.15) is 12.6 Å². The minimum absolute atomic E-state index is 0.148. The van der Waals surface area contributed by atoms with Gasteiger partial charge in [-0.15, -0.1) is 0 Å². The van der Waals surface area contributed by atoms with E-state index >= 15 is 0 Å². The fourth-order valence-corrected chi connectivity index (χ4v) is 2.51. The van der Waals surface area contributed by atoms with E-state index in [2.05, 4.69) is 0 Å². The van der Waals surface area contributed by atoms with E-state index in [0.29, 0.717) is 11.1 Å². The maximum Gasteiger partial charge on any atom is 0.338 e. The molecule has 26 heavy (non-hydrogen) atoms. The molecule has 0 spiro atoms. The maximum absolute atomic E-state index is 12.1. The van der Waals surface area contributed by atoms with Crippen LogP contribution in [0.5, 0.6) is 0 Å². The van der Waals surface area contributed by atoms with Gasteiger partial charge >= 0.3 is 11.9 Å². The third-order valence-corrected chi connectivity index (χ3v) is 3.93. The first-order chi connectivity index (χ1) is 12.4. The number of carboxylic acids is 1. The Balaban J connectivity index is 2.08. The molecule has 2 aromatic rings. The first-order valence-electron chi connectivity index (χ1n) is 7.96. The molecule has 0 aliphatic carbocycles. The number of hydrogen-bond acceptors (Lipinski definition) is 5. The van der Waals surface area contributed by atoms with Gasteiger partial charge in [0, 0.05) is 12.3 Å². The predicted octanol–water partition coefficient (Wildman–Crippen LogP) is 1.41. The zero-order valence-electron chi connectivity index (χ0n) is 14.0. The van der Waals surface area contributed by atoms with Crippen LogP contribution in [0, 0.1) is 0 Å². The van der Waals surface area contributed by atoms with Crippen LogP contribution in [0.15, 0.2) is 54.6 Å². The molecule has 5 N–H and O–H groups in total. The van der Waals surface area contributed by atoms with Crippen molar-refractivity contribution in [3.63, 3.8) is 0 Å². The third kappa shape index (κ3) is 5.15. The van der Waals surface area contributed by atoms with E-state index in [0.717, 1.165) is 5.56 Å². The summed E-state index contributed by atoms with van der Waals surface area (Å²) in [6.45, 7) is 0.148. The van der Waals surface area contributed by atoms with Crippen molar-refractivity contribution in [1.29, 1.82) is 0 Å². The smallest absolute Gasteiger partial charge is 0.338 e. The molecular weight excluding hydrogens is 336 g/mol. The van der Waals surface area contributed by atoms with E-state index in [1.54, 1.807) is 12.1 Å². The average Bonchev–Trinajstić information content (AvgIpc) is 2.64. The molecule has 2 rings (SSSR count). The molecular formula is C19H20N2O5. The molecule has 1 amide bonds. The molecule has 0 saturated heterocycles. The molecule has 0 aliphatic heterocycles. The number of amides is 1. The summed E-state index contributed by atoms with van der Waals surface area (Å²) in [7, 11) is 0. The predicted molar refractivity (Wildman–Crippen MR) is 94.2 cm³/mol. The lowest BCUT2D eigenvalue weighted by Gasteiger charge is -2.20. The second-order valence-corrected chi connectivity index (χ2v) is 5.82. The van der Waals surface area contributed by atoms with E-state index in [1.807, 2.05) is 30.3 Å². The van der Waals surface area contributed by atoms with Crippen LogP contribution in [0.25, 0.3) is 0 Å². The number of carbonyl (C=O) groups is 3. The number of carboxylic acid groups (broad SMARTS) is 1. The monoisotopic (exact) mass is 356 g/mol. The summed E-state index contributed by atoms with van der Waals surface area (Å²) in [6, 6.07) is 14.1. The Morgan fingerprint density at radius 3 is 2.15 bits per heavy atom. The van der Waals surface area contributed by atoms with Gasteiger partial charge in [-0.3, -0.25) is 9.59 Å². The molecule has 2 atom stereocenters. The number of rotatable bonds is 8. The van der Waals surface area contributed by atoms with Gasteiger partial charge in [-0.05, 0) is 23.3 Å². The highest BCUT2D eigenvalue weighted by Crippen LogP contribution is 2.23. The van der Waals surface area contributed by atoms with E-state index in [1.165, 1.54) is 12.1 Å². The van der Waals surface area contributed by atoms with Crippen molar-refractivity contribution < 1.29 is 24.2 Å². The Morgan fingerprint density at radius 2 is 1.62 bits per heavy atom. The number of aliphatic carboxylic acids is 1. The fourth-order valence-electron chi connectivity index (χ4n) is 2.51. The summed E-state index contributed by atoms with van der Waals surface area (Å²) in [5.41, 5.74) is 12.5. The quantitative estimate of drug-likeness (QED) is 0.613. The number of nitrogens with two attached hydrogens (primary N) is 2. The van der Waals surface area contributed by atoms with Gasteiger partial charge in [0.2, 0.25) is 5.91 Å². The Morgan fingerprint density at radius 1 is 1.00 bits per heavy atom. The molecule has 7 heteroatoms. The number of esters is 1. The minimum Gasteiger partial charge on any atom is -0.480 e. The SMILES string of the molecule is NC(=O)CC(c1ccc(C(=O)OCc2ccccc2)cc1)C(N)C(=O)O. The summed E-state index contributed by atoms with van der Waals surface area (Å²) in [6.07, 6.45) is -0.203. The van der Waals surface area contributed by atoms with Crippen LogP contribution >= 0.6 is 0 Å². The molecule has 0 aliphatic rings. The Bertz CT molecular complexity index is 774. The van der Waals surface area contributed by atoms with Crippen LogP contribution in [0.2, 0.25) is 0 Å². The standard InChI is InChI=1S/C19H20N2O5/c20-16(22)10-15(17(21)18(23)24)13-6-8-14(9-7-13)19(25)26-11-12-4-2-1-3-5-12/h1-9,15,17H,10-11,21H2,(H2,20,22)(H,23,24). The van der Waals surface area contributed by atoms with Gasteiger partial charge in [-0.2, -0.15) is 0 Å². The summed E-state index contributed by atoms with van der Waals surface area (Å²) in [5, 5.41) is 9.10. The van der Waals surface area contributed by atoms with Crippen molar-refractivity contribution >= 4 is 17.8 Å². The highest BCUT2D eigenvalue weighted by atomic mass is 16.5. The lowest BCUT2D eigenvalue weighted by molar-refractivity contribution is -0.139. The fraction of sp³-hybridized carbons (Fsp3) is 0.211. The number of primary amides is 1. The van der Waals surface area contributed by atoms with Crippen LogP contribution in [0.3, 0.4) is 0 Å². The lowest BCUT2D eigenvalue weighted by atomic mass is 9.88. The van der Waals surface area contributed by atoms with Crippen molar-refractivity contribution in [2.45, 2.75) is 25.0 Å². The Kier molecular flexibility index (Phi) is 6.46. The molecule has 0 fully saturated rings. The zero-order chi connectivity index (χ0) is 19.1. The Hall–Kier alpha value is -3.19. The van der Waals surface area contributed by atoms with Gasteiger partial charge in [0.25, 0.3) is 0 Å². The van der Waals surface area contributed by atoms with E-state index in [9.17, 15) is 14.4 Å². The molecule has 2 aromatic carbocycles. The molecule has 0 radical (unpaired) electrons. The first kappa shape index (κ1) is 19.1. The van der Waals surface area contributed by atoms with Crippen molar-refractivity contribution in [2.24, 2.45) is 11.5 Å². The van der Waals surface area contributed by atoms with Crippen molar-refractivity contribution in [3.8, 4) is 0 Å². The summed E-state index contributed by atoms with van der Waals surface area (Å²) < 4.78 is 5.23. The molecule has 0 heterocycles. The van der Waals surface area contributed by atoms with Gasteiger partial charge in [-0.25, -0.2) is 4.79 Å². The second kappa shape index (κ2) is 8.77. The highest BCUT2D eigenvalue weighted by Gasteiger charge is 2.27. The summed E-state index contributed by atoms with van der Waals surface area (Å²) in [4.78, 5) is 34.4. The first-order valence-corrected chi connectivity index (χ1v) is 7.96. The highest BCUT2D eigenvalue weighted by molar-refractivity contribution is 5.89. The van der Waals surface area contributed by atoms with Crippen molar-refractivity contribution in [2.75, 3.05) is 0 Å². The lowest BCUT2D eigenvalue weighted by Crippen LogP contribution is -2.38. The molecule has 0 aromatic heterocycles. The number of carbonyl (C=O) groups excluding carboxylic acids is 2. The topological polar surface area (TPSA) is 133 Å². The normalized spacial score (nSPS) is 12.8. The number of hydrogen-bond donors (Lipinski definition) is 3. The molecule has 0 saturated carbocycles. The van der Waals surface area contributed by atoms with Crippen LogP contribution in [-0.2, 0) is 20.9 Å². The molecule has 0 bridgehead atoms. The zero-order valence-corrected chi connectivity index (χ0v) is 14.0. The third-order valence-electron chi connectivity index (χ3n) is 3.93. The minimum atomic E-state index is -1.28. The van der Waals surface area contributed by atoms with Gasteiger partial charge in [0.05, 0.1) is 5.56 Å². The van der Waals surface area contributed by atoms with E-state index in [-0.39, 0.29) is 13.0 Å². The van der Waals surface area contributed by atoms with Crippen LogP contribution in [-0.4, -0.2) is 29.0 Å². The van der Waals surface area contributed by atoms with Gasteiger partial charge < -0.3 is 21.3 Å². The van der Waals surface area contributed by atoms with Crippen molar-refractivity contribution in [3.05, 3.63) is 71.3 Å². The van der Waals surface area contributed by atoms with Crippen LogP contribution in [0.4, 0.5) is 0 Å². The van der Waals surface area contributed by atoms with E-state index < -0.39 is 29.8 Å². The van der Waals surface area contributed by atoms with Crippen molar-refractivity contribution in [1.82, 2.24) is 0 Å². The molecule has 7 nitrogen and oxygen atoms in total. The van der Waals surface area contributed by atoms with Crippen LogP contribution < -0.4 is 11.5 Å². The largest absolute Gasteiger partial charge is 0.480 e. The summed E-state index contributed by atoms with van der Waals surface area (Å²) >= 11 is 0. The van der Waals surface area contributed by atoms with E-state index in [4.69, 9.17) is 21.3 Å². The number of benzene rings is 2. The summed E-state index contributed by atoms with van der Waals surface area (Å²) in [5.74, 6) is -3.17. The van der Waals surface area contributed by atoms with Gasteiger partial charge in [0.15, 0.2) is 0 Å². The maximum atomic E-state index is 12.1. The molecule has 136 valence electrons. The second-order valence-electron chi connectivity index (χ2n) is 5.82.